The molecule has 0 saturated carbocycles. The lowest BCUT2D eigenvalue weighted by atomic mass is 10.1. The summed E-state index contributed by atoms with van der Waals surface area (Å²) in [6.07, 6.45) is 0.734. The fourth-order valence-corrected chi connectivity index (χ4v) is 2.72. The van der Waals surface area contributed by atoms with Gasteiger partial charge in [0.25, 0.3) is 0 Å². The van der Waals surface area contributed by atoms with E-state index in [9.17, 15) is 9.18 Å². The maximum atomic E-state index is 13.9. The number of hydrogen-bond donors (Lipinski definition) is 1. The molecule has 0 unspecified atom stereocenters. The van der Waals surface area contributed by atoms with Crippen molar-refractivity contribution in [3.63, 3.8) is 0 Å². The third-order valence-corrected chi connectivity index (χ3v) is 4.13. The molecular formula is C22H21FN2O. The highest BCUT2D eigenvalue weighted by Crippen LogP contribution is 2.15. The van der Waals surface area contributed by atoms with E-state index < -0.39 is 5.82 Å². The number of rotatable bonds is 6. The Kier molecular flexibility index (Phi) is 5.99. The second-order valence-corrected chi connectivity index (χ2v) is 6.05. The van der Waals surface area contributed by atoms with E-state index in [0.717, 1.165) is 17.5 Å². The monoisotopic (exact) mass is 348 g/mol. The van der Waals surface area contributed by atoms with E-state index in [2.05, 4.69) is 5.32 Å². The Morgan fingerprint density at radius 1 is 0.808 bits per heavy atom. The molecule has 3 rings (SSSR count). The Balaban J connectivity index is 1.73. The standard InChI is InChI=1S/C22H21FN2O/c23-20-13-7-8-14-21(20)24-22(26)25(17-19-11-5-2-6-12-19)16-15-18-9-3-1-4-10-18/h1-14H,15-17H2,(H,24,26). The summed E-state index contributed by atoms with van der Waals surface area (Å²) in [5.41, 5.74) is 2.38. The maximum Gasteiger partial charge on any atom is 0.322 e. The van der Waals surface area contributed by atoms with E-state index in [1.54, 1.807) is 23.1 Å². The lowest BCUT2D eigenvalue weighted by molar-refractivity contribution is 0.209. The molecule has 0 atom stereocenters. The van der Waals surface area contributed by atoms with Crippen LogP contribution in [0, 0.1) is 5.82 Å². The van der Waals surface area contributed by atoms with Crippen LogP contribution in [0.2, 0.25) is 0 Å². The van der Waals surface area contributed by atoms with Gasteiger partial charge in [0.1, 0.15) is 5.82 Å². The molecule has 0 aromatic heterocycles. The summed E-state index contributed by atoms with van der Waals surface area (Å²) in [6, 6.07) is 25.7. The van der Waals surface area contributed by atoms with Gasteiger partial charge in [-0.25, -0.2) is 9.18 Å². The summed E-state index contributed by atoms with van der Waals surface area (Å²) in [7, 11) is 0. The van der Waals surface area contributed by atoms with Crippen LogP contribution in [0.4, 0.5) is 14.9 Å². The number of para-hydroxylation sites is 1. The first-order valence-corrected chi connectivity index (χ1v) is 8.60. The summed E-state index contributed by atoms with van der Waals surface area (Å²) >= 11 is 0. The van der Waals surface area contributed by atoms with Gasteiger partial charge in [0, 0.05) is 13.1 Å². The molecule has 0 aliphatic rings. The number of urea groups is 1. The van der Waals surface area contributed by atoms with Crippen molar-refractivity contribution in [2.45, 2.75) is 13.0 Å². The van der Waals surface area contributed by atoms with E-state index in [-0.39, 0.29) is 11.7 Å². The molecule has 26 heavy (non-hydrogen) atoms. The first-order chi connectivity index (χ1) is 12.7. The lowest BCUT2D eigenvalue weighted by Gasteiger charge is -2.23. The number of benzene rings is 3. The zero-order valence-corrected chi connectivity index (χ0v) is 14.4. The summed E-state index contributed by atoms with van der Waals surface area (Å²) in [5.74, 6) is -0.441. The highest BCUT2D eigenvalue weighted by molar-refractivity contribution is 5.89. The predicted molar refractivity (Wildman–Crippen MR) is 102 cm³/mol. The van der Waals surface area contributed by atoms with Crippen LogP contribution in [-0.4, -0.2) is 17.5 Å². The number of nitrogens with zero attached hydrogens (tertiary/aromatic N) is 1. The van der Waals surface area contributed by atoms with Crippen LogP contribution in [0.3, 0.4) is 0 Å². The van der Waals surface area contributed by atoms with E-state index in [0.29, 0.717) is 13.1 Å². The first-order valence-electron chi connectivity index (χ1n) is 8.60. The van der Waals surface area contributed by atoms with Crippen molar-refractivity contribution in [3.05, 3.63) is 102 Å². The van der Waals surface area contributed by atoms with Crippen molar-refractivity contribution >= 4 is 11.7 Å². The van der Waals surface area contributed by atoms with Gasteiger partial charge < -0.3 is 10.2 Å². The van der Waals surface area contributed by atoms with Crippen molar-refractivity contribution in [1.29, 1.82) is 0 Å². The first kappa shape index (κ1) is 17.7. The Labute approximate surface area is 153 Å². The van der Waals surface area contributed by atoms with Gasteiger partial charge >= 0.3 is 6.03 Å². The predicted octanol–water partition coefficient (Wildman–Crippen LogP) is 5.10. The molecule has 0 fully saturated rings. The summed E-state index contributed by atoms with van der Waals surface area (Å²) in [5, 5.41) is 2.68. The lowest BCUT2D eigenvalue weighted by Crippen LogP contribution is -2.36. The second kappa shape index (κ2) is 8.81. The fourth-order valence-electron chi connectivity index (χ4n) is 2.72. The van der Waals surface area contributed by atoms with Crippen LogP contribution in [-0.2, 0) is 13.0 Å². The van der Waals surface area contributed by atoms with Gasteiger partial charge in [-0.05, 0) is 29.7 Å². The Hall–Kier alpha value is -3.14. The van der Waals surface area contributed by atoms with E-state index in [1.807, 2.05) is 60.7 Å². The summed E-state index contributed by atoms with van der Waals surface area (Å²) < 4.78 is 13.9. The maximum absolute atomic E-state index is 13.9. The third-order valence-electron chi connectivity index (χ3n) is 4.13. The number of amides is 2. The molecule has 0 heterocycles. The number of halogens is 1. The largest absolute Gasteiger partial charge is 0.322 e. The van der Waals surface area contributed by atoms with Gasteiger partial charge in [-0.2, -0.15) is 0 Å². The second-order valence-electron chi connectivity index (χ2n) is 6.05. The summed E-state index contributed by atoms with van der Waals surface area (Å²) in [4.78, 5) is 14.4. The minimum atomic E-state index is -0.441. The zero-order valence-electron chi connectivity index (χ0n) is 14.4. The van der Waals surface area contributed by atoms with Crippen LogP contribution >= 0.6 is 0 Å². The summed E-state index contributed by atoms with van der Waals surface area (Å²) in [6.45, 7) is 1.01. The molecule has 3 nitrogen and oxygen atoms in total. The van der Waals surface area contributed by atoms with Crippen molar-refractivity contribution in [2.75, 3.05) is 11.9 Å². The van der Waals surface area contributed by atoms with Gasteiger partial charge in [0.05, 0.1) is 5.69 Å². The van der Waals surface area contributed by atoms with Crippen LogP contribution in [0.15, 0.2) is 84.9 Å². The SMILES string of the molecule is O=C(Nc1ccccc1F)N(CCc1ccccc1)Cc1ccccc1. The zero-order chi connectivity index (χ0) is 18.2. The van der Waals surface area contributed by atoms with Gasteiger partial charge in [-0.1, -0.05) is 72.8 Å². The highest BCUT2D eigenvalue weighted by atomic mass is 19.1. The normalized spacial score (nSPS) is 10.3. The quantitative estimate of drug-likeness (QED) is 0.660. The molecule has 0 saturated heterocycles. The molecule has 0 aliphatic carbocycles. The third kappa shape index (κ3) is 4.93. The van der Waals surface area contributed by atoms with Gasteiger partial charge in [-0.15, -0.1) is 0 Å². The molecule has 132 valence electrons. The van der Waals surface area contributed by atoms with Crippen molar-refractivity contribution < 1.29 is 9.18 Å². The van der Waals surface area contributed by atoms with Gasteiger partial charge in [0.2, 0.25) is 0 Å². The molecule has 3 aromatic carbocycles. The molecule has 0 bridgehead atoms. The van der Waals surface area contributed by atoms with Crippen LogP contribution in [0.1, 0.15) is 11.1 Å². The molecule has 4 heteroatoms. The molecule has 2 amide bonds. The molecular weight excluding hydrogens is 327 g/mol. The number of nitrogens with one attached hydrogen (secondary N) is 1. The van der Waals surface area contributed by atoms with Crippen LogP contribution in [0.25, 0.3) is 0 Å². The topological polar surface area (TPSA) is 32.3 Å². The number of carbonyl (C=O) groups is 1. The molecule has 0 radical (unpaired) electrons. The van der Waals surface area contributed by atoms with Crippen LogP contribution in [0.5, 0.6) is 0 Å². The van der Waals surface area contributed by atoms with Gasteiger partial charge in [-0.3, -0.25) is 0 Å². The average Bonchev–Trinajstić information content (AvgIpc) is 2.68. The molecule has 0 spiro atoms. The smallest absolute Gasteiger partial charge is 0.320 e. The van der Waals surface area contributed by atoms with E-state index in [1.165, 1.54) is 6.07 Å². The van der Waals surface area contributed by atoms with Crippen molar-refractivity contribution in [3.8, 4) is 0 Å². The van der Waals surface area contributed by atoms with Crippen molar-refractivity contribution in [1.82, 2.24) is 4.90 Å². The number of anilines is 1. The van der Waals surface area contributed by atoms with Gasteiger partial charge in [0.15, 0.2) is 0 Å². The highest BCUT2D eigenvalue weighted by Gasteiger charge is 2.15. The molecule has 0 aliphatic heterocycles. The number of carbonyl (C=O) groups excluding carboxylic acids is 1. The Morgan fingerprint density at radius 2 is 1.38 bits per heavy atom. The number of hydrogen-bond acceptors (Lipinski definition) is 1. The van der Waals surface area contributed by atoms with Crippen LogP contribution < -0.4 is 5.32 Å². The fraction of sp³-hybridized carbons (Fsp3) is 0.136. The Bertz CT molecular complexity index is 837. The molecule has 3 aromatic rings. The Morgan fingerprint density at radius 3 is 2.04 bits per heavy atom. The van der Waals surface area contributed by atoms with E-state index in [4.69, 9.17) is 0 Å². The van der Waals surface area contributed by atoms with Crippen molar-refractivity contribution in [2.24, 2.45) is 0 Å². The van der Waals surface area contributed by atoms with E-state index >= 15 is 0 Å². The average molecular weight is 348 g/mol. The minimum absolute atomic E-state index is 0.190. The minimum Gasteiger partial charge on any atom is -0.320 e. The molecule has 1 N–H and O–H groups in total.